The molecule has 4 heteroatoms. The van der Waals surface area contributed by atoms with E-state index in [1.54, 1.807) is 14.2 Å². The predicted octanol–water partition coefficient (Wildman–Crippen LogP) is 1.01. The number of rotatable bonds is 3. The lowest BCUT2D eigenvalue weighted by Gasteiger charge is -2.11. The van der Waals surface area contributed by atoms with Crippen molar-refractivity contribution in [3.8, 4) is 11.5 Å². The lowest BCUT2D eigenvalue weighted by atomic mass is 10.2. The van der Waals surface area contributed by atoms with Crippen LogP contribution in [0.1, 0.15) is 10.9 Å². The number of quaternary nitrogens is 1. The van der Waals surface area contributed by atoms with E-state index in [4.69, 9.17) is 9.47 Å². The Balaban J connectivity index is 2.25. The number of hydrogen-bond acceptors (Lipinski definition) is 3. The van der Waals surface area contributed by atoms with Crippen LogP contribution in [0, 0.1) is 0 Å². The van der Waals surface area contributed by atoms with E-state index in [0.717, 1.165) is 11.5 Å². The summed E-state index contributed by atoms with van der Waals surface area (Å²) in [7, 11) is 3.33. The van der Waals surface area contributed by atoms with Gasteiger partial charge in [-0.2, -0.15) is 0 Å². The number of hydrogen-bond donors (Lipinski definition) is 1. The van der Waals surface area contributed by atoms with Crippen molar-refractivity contribution in [2.45, 2.75) is 5.37 Å². The zero-order chi connectivity index (χ0) is 10.7. The van der Waals surface area contributed by atoms with E-state index in [2.05, 4.69) is 17.4 Å². The maximum atomic E-state index is 5.29. The van der Waals surface area contributed by atoms with Crippen molar-refractivity contribution in [1.29, 1.82) is 0 Å². The smallest absolute Gasteiger partial charge is 0.161 e. The van der Waals surface area contributed by atoms with Crippen molar-refractivity contribution >= 4 is 11.8 Å². The fourth-order valence-electron chi connectivity index (χ4n) is 1.74. The van der Waals surface area contributed by atoms with Crippen LogP contribution < -0.4 is 14.8 Å². The Labute approximate surface area is 94.2 Å². The Bertz CT molecular complexity index is 337. The lowest BCUT2D eigenvalue weighted by molar-refractivity contribution is -0.663. The topological polar surface area (TPSA) is 35.1 Å². The van der Waals surface area contributed by atoms with Crippen LogP contribution in [-0.4, -0.2) is 26.5 Å². The summed E-state index contributed by atoms with van der Waals surface area (Å²) in [6.45, 7) is 1.20. The standard InChI is InChI=1S/C11H15NO2S/c1-13-9-4-3-8(7-10(9)14-2)11-12-5-6-15-11/h3-4,7,11-12H,5-6H2,1-2H3/p+1. The molecular formula is C11H16NO2S+. The summed E-state index contributed by atoms with van der Waals surface area (Å²) >= 11 is 1.98. The molecule has 1 unspecified atom stereocenters. The predicted molar refractivity (Wildman–Crippen MR) is 61.5 cm³/mol. The van der Waals surface area contributed by atoms with E-state index in [1.807, 2.05) is 17.8 Å². The van der Waals surface area contributed by atoms with Crippen LogP contribution in [0.4, 0.5) is 0 Å². The Morgan fingerprint density at radius 2 is 2.07 bits per heavy atom. The van der Waals surface area contributed by atoms with Gasteiger partial charge in [0.2, 0.25) is 0 Å². The minimum absolute atomic E-state index is 0.518. The molecule has 1 fully saturated rings. The molecule has 3 nitrogen and oxygen atoms in total. The third kappa shape index (κ3) is 2.21. The summed E-state index contributed by atoms with van der Waals surface area (Å²) in [5, 5.41) is 2.87. The van der Waals surface area contributed by atoms with Gasteiger partial charge in [0.1, 0.15) is 0 Å². The summed E-state index contributed by atoms with van der Waals surface area (Å²) in [5.41, 5.74) is 1.30. The zero-order valence-electron chi connectivity index (χ0n) is 9.03. The van der Waals surface area contributed by atoms with Gasteiger partial charge in [-0.25, -0.2) is 0 Å². The van der Waals surface area contributed by atoms with Gasteiger partial charge < -0.3 is 14.8 Å². The van der Waals surface area contributed by atoms with Crippen molar-refractivity contribution in [3.05, 3.63) is 23.8 Å². The molecule has 0 aromatic heterocycles. The van der Waals surface area contributed by atoms with E-state index in [0.29, 0.717) is 5.37 Å². The first-order valence-corrected chi connectivity index (χ1v) is 6.07. The Hall–Kier alpha value is -0.870. The zero-order valence-corrected chi connectivity index (χ0v) is 9.84. The average Bonchev–Trinajstić information content (AvgIpc) is 2.81. The van der Waals surface area contributed by atoms with Gasteiger partial charge in [0.25, 0.3) is 0 Å². The highest BCUT2D eigenvalue weighted by molar-refractivity contribution is 7.99. The highest BCUT2D eigenvalue weighted by Crippen LogP contribution is 2.32. The van der Waals surface area contributed by atoms with Crippen LogP contribution in [0.3, 0.4) is 0 Å². The number of methoxy groups -OCH3 is 2. The number of thioether (sulfide) groups is 1. The van der Waals surface area contributed by atoms with Gasteiger partial charge in [-0.05, 0) is 18.2 Å². The molecule has 1 aromatic carbocycles. The van der Waals surface area contributed by atoms with Gasteiger partial charge in [0, 0.05) is 11.3 Å². The molecule has 1 aliphatic rings. The Kier molecular flexibility index (Phi) is 3.38. The number of benzene rings is 1. The first-order valence-electron chi connectivity index (χ1n) is 5.02. The van der Waals surface area contributed by atoms with E-state index in [-0.39, 0.29) is 0 Å². The molecule has 0 saturated carbocycles. The van der Waals surface area contributed by atoms with Gasteiger partial charge in [-0.1, -0.05) is 11.8 Å². The van der Waals surface area contributed by atoms with Crippen molar-refractivity contribution in [2.75, 3.05) is 26.5 Å². The van der Waals surface area contributed by atoms with E-state index in [9.17, 15) is 0 Å². The molecule has 15 heavy (non-hydrogen) atoms. The minimum Gasteiger partial charge on any atom is -0.493 e. The lowest BCUT2D eigenvalue weighted by Crippen LogP contribution is -2.81. The van der Waals surface area contributed by atoms with E-state index < -0.39 is 0 Å². The second kappa shape index (κ2) is 4.77. The summed E-state index contributed by atoms with van der Waals surface area (Å²) < 4.78 is 10.5. The third-order valence-corrected chi connectivity index (χ3v) is 3.83. The van der Waals surface area contributed by atoms with Gasteiger partial charge in [0.05, 0.1) is 20.8 Å². The molecule has 1 heterocycles. The van der Waals surface area contributed by atoms with Gasteiger partial charge in [-0.15, -0.1) is 0 Å². The second-order valence-electron chi connectivity index (χ2n) is 3.43. The van der Waals surface area contributed by atoms with Crippen LogP contribution in [-0.2, 0) is 0 Å². The van der Waals surface area contributed by atoms with Crippen LogP contribution in [0.25, 0.3) is 0 Å². The van der Waals surface area contributed by atoms with Crippen LogP contribution >= 0.6 is 11.8 Å². The summed E-state index contributed by atoms with van der Waals surface area (Å²) in [6, 6.07) is 6.15. The van der Waals surface area contributed by atoms with Gasteiger partial charge in [-0.3, -0.25) is 0 Å². The van der Waals surface area contributed by atoms with Crippen molar-refractivity contribution in [1.82, 2.24) is 0 Å². The van der Waals surface area contributed by atoms with Crippen molar-refractivity contribution in [3.63, 3.8) is 0 Å². The minimum atomic E-state index is 0.518. The van der Waals surface area contributed by atoms with E-state index in [1.165, 1.54) is 17.9 Å². The molecule has 82 valence electrons. The molecule has 1 saturated heterocycles. The molecule has 0 amide bonds. The van der Waals surface area contributed by atoms with Crippen LogP contribution in [0.5, 0.6) is 11.5 Å². The van der Waals surface area contributed by atoms with Gasteiger partial charge >= 0.3 is 0 Å². The molecule has 1 atom stereocenters. The van der Waals surface area contributed by atoms with Gasteiger partial charge in [0.15, 0.2) is 16.9 Å². The molecule has 0 bridgehead atoms. The quantitative estimate of drug-likeness (QED) is 0.835. The first-order chi connectivity index (χ1) is 7.35. The Morgan fingerprint density at radius 1 is 1.27 bits per heavy atom. The fraction of sp³-hybridized carbons (Fsp3) is 0.455. The highest BCUT2D eigenvalue weighted by atomic mass is 32.2. The normalized spacial score (nSPS) is 20.3. The first kappa shape index (κ1) is 10.6. The second-order valence-corrected chi connectivity index (χ2v) is 4.68. The highest BCUT2D eigenvalue weighted by Gasteiger charge is 2.22. The molecule has 1 aliphatic heterocycles. The number of nitrogens with two attached hydrogens (primary N) is 1. The monoisotopic (exact) mass is 226 g/mol. The SMILES string of the molecule is COc1ccc(C2[NH2+]CCS2)cc1OC. The largest absolute Gasteiger partial charge is 0.493 e. The maximum absolute atomic E-state index is 5.29. The maximum Gasteiger partial charge on any atom is 0.161 e. The Morgan fingerprint density at radius 3 is 2.67 bits per heavy atom. The third-order valence-electron chi connectivity index (χ3n) is 2.53. The molecule has 0 aliphatic carbocycles. The average molecular weight is 226 g/mol. The summed E-state index contributed by atoms with van der Waals surface area (Å²) in [5.74, 6) is 2.83. The van der Waals surface area contributed by atoms with Crippen LogP contribution in [0.15, 0.2) is 18.2 Å². The van der Waals surface area contributed by atoms with Crippen molar-refractivity contribution < 1.29 is 14.8 Å². The molecular weight excluding hydrogens is 210 g/mol. The van der Waals surface area contributed by atoms with Crippen molar-refractivity contribution in [2.24, 2.45) is 0 Å². The molecule has 1 aromatic rings. The number of ether oxygens (including phenoxy) is 2. The molecule has 0 spiro atoms. The molecule has 2 N–H and O–H groups in total. The van der Waals surface area contributed by atoms with Crippen LogP contribution in [0.2, 0.25) is 0 Å². The fourth-order valence-corrected chi connectivity index (χ4v) is 2.88. The molecule has 2 rings (SSSR count). The summed E-state index contributed by atoms with van der Waals surface area (Å²) in [6.07, 6.45) is 0. The summed E-state index contributed by atoms with van der Waals surface area (Å²) in [4.78, 5) is 0. The molecule has 0 radical (unpaired) electrons. The van der Waals surface area contributed by atoms with E-state index >= 15 is 0 Å².